The SMILES string of the molecule is Cc1ncc(-c2ccc(NC(=O)C3CSCN3C(=O)c3c[nH]c4ccccc34)cc2)o1. The molecule has 0 aliphatic carbocycles. The Labute approximate surface area is 182 Å². The molecule has 2 N–H and O–H groups in total. The zero-order valence-electron chi connectivity index (χ0n) is 16.8. The Kier molecular flexibility index (Phi) is 4.99. The maximum atomic E-state index is 13.2. The Morgan fingerprint density at radius 1 is 1.19 bits per heavy atom. The Hall–Kier alpha value is -3.52. The first kappa shape index (κ1) is 19.4. The number of carbonyl (C=O) groups excluding carboxylic acids is 2. The first-order valence-electron chi connectivity index (χ1n) is 9.89. The highest BCUT2D eigenvalue weighted by Gasteiger charge is 2.36. The highest BCUT2D eigenvalue weighted by molar-refractivity contribution is 7.99. The first-order valence-corrected chi connectivity index (χ1v) is 11.0. The molecule has 1 aliphatic heterocycles. The van der Waals surface area contributed by atoms with Gasteiger partial charge >= 0.3 is 0 Å². The van der Waals surface area contributed by atoms with Crippen molar-refractivity contribution in [3.05, 3.63) is 72.4 Å². The van der Waals surface area contributed by atoms with Gasteiger partial charge in [0.05, 0.1) is 17.6 Å². The second kappa shape index (κ2) is 7.96. The predicted molar refractivity (Wildman–Crippen MR) is 121 cm³/mol. The number of para-hydroxylation sites is 1. The lowest BCUT2D eigenvalue weighted by molar-refractivity contribution is -0.119. The second-order valence-electron chi connectivity index (χ2n) is 7.35. The van der Waals surface area contributed by atoms with Crippen molar-refractivity contribution in [2.45, 2.75) is 13.0 Å². The van der Waals surface area contributed by atoms with Gasteiger partial charge in [-0.25, -0.2) is 4.98 Å². The summed E-state index contributed by atoms with van der Waals surface area (Å²) in [5.41, 5.74) is 3.04. The van der Waals surface area contributed by atoms with E-state index >= 15 is 0 Å². The van der Waals surface area contributed by atoms with Crippen LogP contribution in [0.15, 0.2) is 65.3 Å². The molecule has 1 fully saturated rings. The van der Waals surface area contributed by atoms with Gasteiger partial charge in [0, 0.05) is 41.0 Å². The van der Waals surface area contributed by atoms with E-state index in [4.69, 9.17) is 4.42 Å². The number of aromatic amines is 1. The molecule has 2 aromatic heterocycles. The fourth-order valence-corrected chi connectivity index (χ4v) is 4.86. The number of fused-ring (bicyclic) bond motifs is 1. The third kappa shape index (κ3) is 3.70. The van der Waals surface area contributed by atoms with Gasteiger partial charge in [-0.05, 0) is 30.3 Å². The molecule has 31 heavy (non-hydrogen) atoms. The van der Waals surface area contributed by atoms with Gasteiger partial charge < -0.3 is 19.6 Å². The first-order chi connectivity index (χ1) is 15.1. The minimum atomic E-state index is -0.525. The summed E-state index contributed by atoms with van der Waals surface area (Å²) < 4.78 is 5.53. The van der Waals surface area contributed by atoms with Crippen LogP contribution in [0, 0.1) is 6.92 Å². The zero-order valence-corrected chi connectivity index (χ0v) is 17.6. The number of aromatic nitrogens is 2. The van der Waals surface area contributed by atoms with Crippen LogP contribution in [0.3, 0.4) is 0 Å². The summed E-state index contributed by atoms with van der Waals surface area (Å²) in [5, 5.41) is 3.80. The average Bonchev–Trinajstić information content (AvgIpc) is 3.53. The summed E-state index contributed by atoms with van der Waals surface area (Å²) in [6.07, 6.45) is 3.39. The normalized spacial score (nSPS) is 16.0. The molecule has 0 spiro atoms. The van der Waals surface area contributed by atoms with Gasteiger partial charge in [0.15, 0.2) is 11.7 Å². The second-order valence-corrected chi connectivity index (χ2v) is 8.35. The summed E-state index contributed by atoms with van der Waals surface area (Å²) in [6, 6.07) is 14.5. The van der Waals surface area contributed by atoms with Crippen LogP contribution in [0.2, 0.25) is 0 Å². The zero-order chi connectivity index (χ0) is 21.4. The lowest BCUT2D eigenvalue weighted by Gasteiger charge is -2.23. The Morgan fingerprint density at radius 2 is 2.00 bits per heavy atom. The van der Waals surface area contributed by atoms with Crippen LogP contribution in [0.25, 0.3) is 22.2 Å². The van der Waals surface area contributed by atoms with Crippen molar-refractivity contribution in [2.24, 2.45) is 0 Å². The number of nitrogens with zero attached hydrogens (tertiary/aromatic N) is 2. The van der Waals surface area contributed by atoms with Crippen LogP contribution in [0.5, 0.6) is 0 Å². The Bertz CT molecular complexity index is 1260. The number of carbonyl (C=O) groups is 2. The van der Waals surface area contributed by atoms with Crippen molar-refractivity contribution in [3.8, 4) is 11.3 Å². The van der Waals surface area contributed by atoms with Crippen LogP contribution < -0.4 is 5.32 Å². The van der Waals surface area contributed by atoms with E-state index in [0.717, 1.165) is 16.5 Å². The van der Waals surface area contributed by atoms with E-state index in [1.54, 1.807) is 36.0 Å². The van der Waals surface area contributed by atoms with E-state index < -0.39 is 6.04 Å². The van der Waals surface area contributed by atoms with Crippen molar-refractivity contribution in [3.63, 3.8) is 0 Å². The molecule has 1 aliphatic rings. The summed E-state index contributed by atoms with van der Waals surface area (Å²) in [4.78, 5) is 35.0. The van der Waals surface area contributed by atoms with E-state index in [9.17, 15) is 9.59 Å². The van der Waals surface area contributed by atoms with Crippen molar-refractivity contribution >= 4 is 40.2 Å². The van der Waals surface area contributed by atoms with Gasteiger partial charge in [-0.1, -0.05) is 18.2 Å². The van der Waals surface area contributed by atoms with E-state index in [-0.39, 0.29) is 11.8 Å². The standard InChI is InChI=1S/C23H20N4O3S/c1-14-24-11-21(30-14)15-6-8-16(9-7-15)26-22(28)20-12-31-13-27(20)23(29)18-10-25-19-5-3-2-4-17(18)19/h2-11,20,25H,12-13H2,1H3,(H,26,28). The molecule has 4 aromatic rings. The van der Waals surface area contributed by atoms with Gasteiger partial charge in [0.25, 0.3) is 5.91 Å². The molecule has 1 saturated heterocycles. The number of hydrogen-bond acceptors (Lipinski definition) is 5. The quantitative estimate of drug-likeness (QED) is 0.502. The topological polar surface area (TPSA) is 91.2 Å². The lowest BCUT2D eigenvalue weighted by atomic mass is 10.1. The molecule has 8 heteroatoms. The number of rotatable bonds is 4. The summed E-state index contributed by atoms with van der Waals surface area (Å²) in [7, 11) is 0. The molecular weight excluding hydrogens is 412 g/mol. The molecule has 1 atom stereocenters. The number of anilines is 1. The smallest absolute Gasteiger partial charge is 0.257 e. The number of benzene rings is 2. The molecule has 156 valence electrons. The number of amides is 2. The monoisotopic (exact) mass is 432 g/mol. The molecule has 7 nitrogen and oxygen atoms in total. The van der Waals surface area contributed by atoms with Crippen LogP contribution in [0.4, 0.5) is 5.69 Å². The van der Waals surface area contributed by atoms with Crippen LogP contribution in [0.1, 0.15) is 16.2 Å². The number of thioether (sulfide) groups is 1. The molecule has 3 heterocycles. The van der Waals surface area contributed by atoms with Crippen molar-refractivity contribution < 1.29 is 14.0 Å². The van der Waals surface area contributed by atoms with Gasteiger partial charge in [0.1, 0.15) is 6.04 Å². The van der Waals surface area contributed by atoms with Crippen LogP contribution >= 0.6 is 11.8 Å². The summed E-state index contributed by atoms with van der Waals surface area (Å²) in [5.74, 6) is 2.00. The fourth-order valence-electron chi connectivity index (χ4n) is 3.70. The lowest BCUT2D eigenvalue weighted by Crippen LogP contribution is -2.44. The highest BCUT2D eigenvalue weighted by Crippen LogP contribution is 2.28. The number of nitrogens with one attached hydrogen (secondary N) is 2. The Balaban J connectivity index is 1.31. The number of aryl methyl sites for hydroxylation is 1. The van der Waals surface area contributed by atoms with E-state index in [1.807, 2.05) is 48.5 Å². The summed E-state index contributed by atoms with van der Waals surface area (Å²) >= 11 is 1.58. The van der Waals surface area contributed by atoms with E-state index in [1.165, 1.54) is 0 Å². The predicted octanol–water partition coefficient (Wildman–Crippen LogP) is 4.29. The largest absolute Gasteiger partial charge is 0.441 e. The molecule has 5 rings (SSSR count). The van der Waals surface area contributed by atoms with E-state index in [0.29, 0.717) is 34.5 Å². The molecule has 1 unspecified atom stereocenters. The van der Waals surface area contributed by atoms with Crippen LogP contribution in [-0.4, -0.2) is 44.4 Å². The van der Waals surface area contributed by atoms with Gasteiger partial charge in [0.2, 0.25) is 5.91 Å². The van der Waals surface area contributed by atoms with Gasteiger partial charge in [-0.2, -0.15) is 0 Å². The molecule has 2 amide bonds. The highest BCUT2D eigenvalue weighted by atomic mass is 32.2. The maximum Gasteiger partial charge on any atom is 0.257 e. The number of hydrogen-bond donors (Lipinski definition) is 2. The molecular formula is C23H20N4O3S. The molecule has 0 radical (unpaired) electrons. The van der Waals surface area contributed by atoms with Crippen molar-refractivity contribution in [2.75, 3.05) is 16.9 Å². The Morgan fingerprint density at radius 3 is 2.77 bits per heavy atom. The average molecular weight is 433 g/mol. The molecule has 0 bridgehead atoms. The van der Waals surface area contributed by atoms with E-state index in [2.05, 4.69) is 15.3 Å². The molecule has 2 aromatic carbocycles. The van der Waals surface area contributed by atoms with Crippen molar-refractivity contribution in [1.82, 2.24) is 14.9 Å². The minimum absolute atomic E-state index is 0.140. The fraction of sp³-hybridized carbons (Fsp3) is 0.174. The van der Waals surface area contributed by atoms with Gasteiger partial charge in [-0.3, -0.25) is 9.59 Å². The maximum absolute atomic E-state index is 13.2. The summed E-state index contributed by atoms with van der Waals surface area (Å²) in [6.45, 7) is 1.79. The number of H-pyrrole nitrogens is 1. The molecule has 0 saturated carbocycles. The number of oxazole rings is 1. The third-order valence-corrected chi connectivity index (χ3v) is 6.34. The minimum Gasteiger partial charge on any atom is -0.441 e. The van der Waals surface area contributed by atoms with Crippen LogP contribution in [-0.2, 0) is 4.79 Å². The van der Waals surface area contributed by atoms with Gasteiger partial charge in [-0.15, -0.1) is 11.8 Å². The van der Waals surface area contributed by atoms with Crippen molar-refractivity contribution in [1.29, 1.82) is 0 Å². The third-order valence-electron chi connectivity index (χ3n) is 5.32.